The van der Waals surface area contributed by atoms with E-state index in [2.05, 4.69) is 10.4 Å². The zero-order chi connectivity index (χ0) is 14.8. The van der Waals surface area contributed by atoms with Crippen molar-refractivity contribution >= 4 is 5.91 Å². The van der Waals surface area contributed by atoms with Crippen LogP contribution in [0.5, 0.6) is 0 Å². The third-order valence-corrected chi connectivity index (χ3v) is 2.51. The first-order valence-electron chi connectivity index (χ1n) is 5.52. The molecule has 1 aromatic carbocycles. The van der Waals surface area contributed by atoms with Gasteiger partial charge in [0, 0.05) is 18.2 Å². The first kappa shape index (κ1) is 14.0. The van der Waals surface area contributed by atoms with E-state index in [-0.39, 0.29) is 12.1 Å². The van der Waals surface area contributed by atoms with Gasteiger partial charge in [-0.1, -0.05) is 18.2 Å². The van der Waals surface area contributed by atoms with Gasteiger partial charge in [-0.3, -0.25) is 9.89 Å². The van der Waals surface area contributed by atoms with Crippen LogP contribution < -0.4 is 5.32 Å². The van der Waals surface area contributed by atoms with E-state index in [0.717, 1.165) is 0 Å². The van der Waals surface area contributed by atoms with Crippen molar-refractivity contribution in [3.8, 4) is 0 Å². The van der Waals surface area contributed by atoms with Crippen molar-refractivity contribution < 1.29 is 22.4 Å². The van der Waals surface area contributed by atoms with Gasteiger partial charge < -0.3 is 5.32 Å². The van der Waals surface area contributed by atoms with Gasteiger partial charge in [0.2, 0.25) is 0 Å². The van der Waals surface area contributed by atoms with E-state index in [4.69, 9.17) is 0 Å². The minimum atomic E-state index is -4.60. The number of H-pyrrole nitrogens is 1. The Kier molecular flexibility index (Phi) is 3.73. The number of nitrogens with zero attached hydrogens (tertiary/aromatic N) is 1. The van der Waals surface area contributed by atoms with Crippen LogP contribution in [-0.4, -0.2) is 16.1 Å². The van der Waals surface area contributed by atoms with Gasteiger partial charge in [0.15, 0.2) is 5.69 Å². The molecule has 0 aliphatic carbocycles. The Balaban J connectivity index is 2.02. The molecule has 1 heterocycles. The number of aromatic amines is 1. The van der Waals surface area contributed by atoms with Gasteiger partial charge in [-0.05, 0) is 6.07 Å². The maximum Gasteiger partial charge on any atom is 0.432 e. The van der Waals surface area contributed by atoms with Gasteiger partial charge in [0.25, 0.3) is 5.91 Å². The zero-order valence-electron chi connectivity index (χ0n) is 9.96. The summed E-state index contributed by atoms with van der Waals surface area (Å²) in [4.78, 5) is 11.6. The van der Waals surface area contributed by atoms with E-state index in [0.29, 0.717) is 6.07 Å². The first-order valence-corrected chi connectivity index (χ1v) is 5.52. The van der Waals surface area contributed by atoms with Crippen LogP contribution in [0.2, 0.25) is 0 Å². The lowest BCUT2D eigenvalue weighted by Crippen LogP contribution is -2.23. The number of carbonyl (C=O) groups is 1. The second-order valence-corrected chi connectivity index (χ2v) is 3.94. The smallest absolute Gasteiger partial charge is 0.346 e. The second kappa shape index (κ2) is 5.32. The Morgan fingerprint density at radius 3 is 2.60 bits per heavy atom. The molecule has 2 rings (SSSR count). The molecule has 1 aromatic heterocycles. The molecule has 20 heavy (non-hydrogen) atoms. The number of benzene rings is 1. The normalized spacial score (nSPS) is 11.4. The SMILES string of the molecule is O=C(NCc1ccccc1F)c1cc(C(F)(F)F)[nH]n1. The summed E-state index contributed by atoms with van der Waals surface area (Å²) in [6.07, 6.45) is -4.60. The van der Waals surface area contributed by atoms with Crippen LogP contribution in [0.1, 0.15) is 21.7 Å². The van der Waals surface area contributed by atoms with Crippen molar-refractivity contribution in [1.29, 1.82) is 0 Å². The average Bonchev–Trinajstić information content (AvgIpc) is 2.87. The average molecular weight is 287 g/mol. The number of hydrogen-bond donors (Lipinski definition) is 2. The van der Waals surface area contributed by atoms with Crippen LogP contribution in [0.25, 0.3) is 0 Å². The molecule has 0 unspecified atom stereocenters. The molecule has 4 nitrogen and oxygen atoms in total. The summed E-state index contributed by atoms with van der Waals surface area (Å²) in [5.41, 5.74) is -1.30. The standard InChI is InChI=1S/C12H9F4N3O/c13-8-4-2-1-3-7(8)6-17-11(20)9-5-10(19-18-9)12(14,15)16/h1-5H,6H2,(H,17,20)(H,18,19). The molecule has 1 amide bonds. The predicted molar refractivity (Wildman–Crippen MR) is 61.2 cm³/mol. The second-order valence-electron chi connectivity index (χ2n) is 3.94. The molecule has 0 saturated carbocycles. The van der Waals surface area contributed by atoms with Crippen LogP contribution in [-0.2, 0) is 12.7 Å². The van der Waals surface area contributed by atoms with Gasteiger partial charge >= 0.3 is 6.18 Å². The van der Waals surface area contributed by atoms with Crippen molar-refractivity contribution in [3.63, 3.8) is 0 Å². The summed E-state index contributed by atoms with van der Waals surface area (Å²) >= 11 is 0. The van der Waals surface area contributed by atoms with E-state index < -0.39 is 29.3 Å². The van der Waals surface area contributed by atoms with Crippen molar-refractivity contribution in [1.82, 2.24) is 15.5 Å². The number of rotatable bonds is 3. The summed E-state index contributed by atoms with van der Waals surface area (Å²) in [6, 6.07) is 6.35. The molecule has 106 valence electrons. The van der Waals surface area contributed by atoms with Crippen molar-refractivity contribution in [2.75, 3.05) is 0 Å². The molecule has 2 N–H and O–H groups in total. The molecule has 8 heteroatoms. The molecule has 0 aliphatic rings. The van der Waals surface area contributed by atoms with Crippen LogP contribution in [0.15, 0.2) is 30.3 Å². The molecule has 0 atom stereocenters. The molecule has 0 radical (unpaired) electrons. The molecule has 0 aliphatic heterocycles. The minimum Gasteiger partial charge on any atom is -0.346 e. The van der Waals surface area contributed by atoms with Gasteiger partial charge in [0.1, 0.15) is 11.5 Å². The molecular weight excluding hydrogens is 278 g/mol. The van der Waals surface area contributed by atoms with Gasteiger partial charge in [-0.2, -0.15) is 18.3 Å². The highest BCUT2D eigenvalue weighted by Gasteiger charge is 2.33. The highest BCUT2D eigenvalue weighted by atomic mass is 19.4. The molecule has 0 fully saturated rings. The van der Waals surface area contributed by atoms with E-state index in [1.165, 1.54) is 18.2 Å². The summed E-state index contributed by atoms with van der Waals surface area (Å²) < 4.78 is 50.2. The summed E-state index contributed by atoms with van der Waals surface area (Å²) in [5, 5.41) is 7.28. The number of alkyl halides is 3. The lowest BCUT2D eigenvalue weighted by atomic mass is 10.2. The zero-order valence-corrected chi connectivity index (χ0v) is 9.96. The Hall–Kier alpha value is -2.38. The predicted octanol–water partition coefficient (Wildman–Crippen LogP) is 2.50. The number of carbonyl (C=O) groups excluding carboxylic acids is 1. The highest BCUT2D eigenvalue weighted by Crippen LogP contribution is 2.27. The van der Waals surface area contributed by atoms with Gasteiger partial charge in [-0.25, -0.2) is 4.39 Å². The quantitative estimate of drug-likeness (QED) is 0.852. The third-order valence-electron chi connectivity index (χ3n) is 2.51. The minimum absolute atomic E-state index is 0.139. The topological polar surface area (TPSA) is 57.8 Å². The molecular formula is C12H9F4N3O. The molecule has 0 bridgehead atoms. The fraction of sp³-hybridized carbons (Fsp3) is 0.167. The summed E-state index contributed by atoms with van der Waals surface area (Å²) in [5.74, 6) is -1.33. The van der Waals surface area contributed by atoms with E-state index in [1.807, 2.05) is 0 Å². The Morgan fingerprint density at radius 1 is 1.30 bits per heavy atom. The number of amides is 1. The van der Waals surface area contributed by atoms with E-state index in [9.17, 15) is 22.4 Å². The van der Waals surface area contributed by atoms with Crippen LogP contribution in [0.3, 0.4) is 0 Å². The summed E-state index contributed by atoms with van der Waals surface area (Å²) in [7, 11) is 0. The van der Waals surface area contributed by atoms with Gasteiger partial charge in [0.05, 0.1) is 0 Å². The highest BCUT2D eigenvalue weighted by molar-refractivity contribution is 5.92. The van der Waals surface area contributed by atoms with Crippen molar-refractivity contribution in [2.24, 2.45) is 0 Å². The lowest BCUT2D eigenvalue weighted by Gasteiger charge is -2.04. The molecule has 0 spiro atoms. The van der Waals surface area contributed by atoms with Crippen LogP contribution in [0, 0.1) is 5.82 Å². The van der Waals surface area contributed by atoms with Crippen molar-refractivity contribution in [3.05, 3.63) is 53.1 Å². The Morgan fingerprint density at radius 2 is 2.00 bits per heavy atom. The third kappa shape index (κ3) is 3.14. The number of aromatic nitrogens is 2. The molecule has 2 aromatic rings. The maximum absolute atomic E-state index is 13.3. The van der Waals surface area contributed by atoms with Gasteiger partial charge in [-0.15, -0.1) is 0 Å². The lowest BCUT2D eigenvalue weighted by molar-refractivity contribution is -0.141. The largest absolute Gasteiger partial charge is 0.432 e. The number of hydrogen-bond acceptors (Lipinski definition) is 2. The van der Waals surface area contributed by atoms with E-state index >= 15 is 0 Å². The monoisotopic (exact) mass is 287 g/mol. The van der Waals surface area contributed by atoms with E-state index in [1.54, 1.807) is 11.2 Å². The fourth-order valence-corrected chi connectivity index (χ4v) is 1.49. The Labute approximate surface area is 110 Å². The first-order chi connectivity index (χ1) is 9.38. The van der Waals surface area contributed by atoms with Crippen molar-refractivity contribution in [2.45, 2.75) is 12.7 Å². The Bertz CT molecular complexity index is 621. The maximum atomic E-state index is 13.3. The number of nitrogens with one attached hydrogen (secondary N) is 2. The fourth-order valence-electron chi connectivity index (χ4n) is 1.49. The number of halogens is 4. The summed E-state index contributed by atoms with van der Waals surface area (Å²) in [6.45, 7) is -0.139. The van der Waals surface area contributed by atoms with Crippen LogP contribution in [0.4, 0.5) is 17.6 Å². The molecule has 0 saturated heterocycles. The van der Waals surface area contributed by atoms with Crippen LogP contribution >= 0.6 is 0 Å².